The lowest BCUT2D eigenvalue weighted by Crippen LogP contribution is -2.56. The molecule has 7 heteroatoms. The number of rotatable bonds is 7. The average molecular weight is 535 g/mol. The molecule has 3 N–H and O–H groups in total. The summed E-state index contributed by atoms with van der Waals surface area (Å²) in [5, 5.41) is 7.09. The average Bonchev–Trinajstić information content (AvgIpc) is 3.47. The number of aromatic amines is 1. The second-order valence-electron chi connectivity index (χ2n) is 11.4. The summed E-state index contributed by atoms with van der Waals surface area (Å²) in [5.41, 5.74) is 6.65. The molecule has 3 heterocycles. The zero-order chi connectivity index (χ0) is 28.0. The molecule has 2 aliphatic heterocycles. The van der Waals surface area contributed by atoms with Crippen molar-refractivity contribution >= 4 is 28.6 Å². The first-order chi connectivity index (χ1) is 19.3. The first-order valence-corrected chi connectivity index (χ1v) is 14.0. The molecule has 0 unspecified atom stereocenters. The van der Waals surface area contributed by atoms with Gasteiger partial charge >= 0.3 is 0 Å². The number of nitrogens with one attached hydrogen (secondary N) is 3. The van der Waals surface area contributed by atoms with E-state index < -0.39 is 12.1 Å². The lowest BCUT2D eigenvalue weighted by Gasteiger charge is -2.37. The van der Waals surface area contributed by atoms with Gasteiger partial charge in [-0.15, -0.1) is 0 Å². The number of nitrogens with zero attached hydrogens (tertiary/aromatic N) is 1. The summed E-state index contributed by atoms with van der Waals surface area (Å²) < 4.78 is 0. The van der Waals surface area contributed by atoms with Gasteiger partial charge in [0, 0.05) is 35.1 Å². The molecule has 3 atom stereocenters. The predicted molar refractivity (Wildman–Crippen MR) is 155 cm³/mol. The van der Waals surface area contributed by atoms with Gasteiger partial charge in [-0.25, -0.2) is 0 Å². The minimum atomic E-state index is -0.740. The summed E-state index contributed by atoms with van der Waals surface area (Å²) >= 11 is 0. The Kier molecular flexibility index (Phi) is 6.66. The van der Waals surface area contributed by atoms with E-state index in [2.05, 4.69) is 21.7 Å². The van der Waals surface area contributed by atoms with Crippen LogP contribution in [0.2, 0.25) is 0 Å². The number of fused-ring (bicyclic) bond motifs is 7. The first-order valence-electron chi connectivity index (χ1n) is 14.0. The molecule has 0 spiro atoms. The van der Waals surface area contributed by atoms with Crippen LogP contribution >= 0.6 is 0 Å². The number of hydrogen-bond acceptors (Lipinski definition) is 3. The maximum Gasteiger partial charge on any atom is 0.255 e. The summed E-state index contributed by atoms with van der Waals surface area (Å²) in [4.78, 5) is 46.3. The van der Waals surface area contributed by atoms with Crippen LogP contribution in [0.15, 0.2) is 72.8 Å². The molecule has 6 rings (SSSR count). The number of aryl methyl sites for hydroxylation is 1. The molecular weight excluding hydrogens is 500 g/mol. The van der Waals surface area contributed by atoms with E-state index in [1.54, 1.807) is 4.90 Å². The van der Waals surface area contributed by atoms with Crippen molar-refractivity contribution in [2.75, 3.05) is 0 Å². The Morgan fingerprint density at radius 3 is 2.50 bits per heavy atom. The highest BCUT2D eigenvalue weighted by molar-refractivity contribution is 6.04. The summed E-state index contributed by atoms with van der Waals surface area (Å²) in [6, 6.07) is 21.8. The molecule has 0 saturated heterocycles. The maximum atomic E-state index is 14.0. The Morgan fingerprint density at radius 2 is 1.73 bits per heavy atom. The topological polar surface area (TPSA) is 94.3 Å². The molecule has 0 aliphatic carbocycles. The van der Waals surface area contributed by atoms with E-state index >= 15 is 0 Å². The van der Waals surface area contributed by atoms with E-state index in [-0.39, 0.29) is 29.7 Å². The van der Waals surface area contributed by atoms with Crippen LogP contribution in [0.3, 0.4) is 0 Å². The zero-order valence-electron chi connectivity index (χ0n) is 23.0. The van der Waals surface area contributed by atoms with Crippen molar-refractivity contribution in [3.8, 4) is 0 Å². The number of amides is 3. The number of para-hydroxylation sites is 1. The second kappa shape index (κ2) is 10.3. The molecule has 0 bridgehead atoms. The van der Waals surface area contributed by atoms with Crippen LogP contribution in [0.4, 0.5) is 0 Å². The van der Waals surface area contributed by atoms with Crippen LogP contribution in [0.25, 0.3) is 10.9 Å². The Balaban J connectivity index is 1.30. The smallest absolute Gasteiger partial charge is 0.255 e. The molecule has 4 aromatic rings. The van der Waals surface area contributed by atoms with Gasteiger partial charge in [0.15, 0.2) is 0 Å². The third kappa shape index (κ3) is 4.55. The zero-order valence-corrected chi connectivity index (χ0v) is 23.0. The number of hydrogen-bond donors (Lipinski definition) is 3. The van der Waals surface area contributed by atoms with Gasteiger partial charge in [-0.2, -0.15) is 0 Å². The molecule has 0 fully saturated rings. The fourth-order valence-corrected chi connectivity index (χ4v) is 6.13. The van der Waals surface area contributed by atoms with Crippen molar-refractivity contribution in [1.29, 1.82) is 0 Å². The molecule has 0 saturated carbocycles. The maximum absolute atomic E-state index is 14.0. The van der Waals surface area contributed by atoms with Crippen LogP contribution in [-0.4, -0.2) is 39.7 Å². The second-order valence-corrected chi connectivity index (χ2v) is 11.4. The van der Waals surface area contributed by atoms with Crippen LogP contribution in [0, 0.1) is 12.8 Å². The monoisotopic (exact) mass is 534 g/mol. The van der Waals surface area contributed by atoms with E-state index in [1.165, 1.54) is 0 Å². The number of carbonyl (C=O) groups excluding carboxylic acids is 3. The van der Waals surface area contributed by atoms with Gasteiger partial charge in [-0.1, -0.05) is 80.1 Å². The third-order valence-corrected chi connectivity index (χ3v) is 8.08. The molecule has 1 aromatic heterocycles. The predicted octanol–water partition coefficient (Wildman–Crippen LogP) is 4.79. The summed E-state index contributed by atoms with van der Waals surface area (Å²) in [6.45, 7) is 6.47. The minimum Gasteiger partial charge on any atom is -0.356 e. The van der Waals surface area contributed by atoms with Crippen molar-refractivity contribution < 1.29 is 14.4 Å². The van der Waals surface area contributed by atoms with Crippen molar-refractivity contribution in [2.45, 2.75) is 58.3 Å². The van der Waals surface area contributed by atoms with Crippen molar-refractivity contribution in [3.63, 3.8) is 0 Å². The molecule has 3 amide bonds. The van der Waals surface area contributed by atoms with Crippen molar-refractivity contribution in [3.05, 3.63) is 106 Å². The molecule has 40 heavy (non-hydrogen) atoms. The molecule has 7 nitrogen and oxygen atoms in total. The molecule has 3 aromatic carbocycles. The Hall–Kier alpha value is -4.39. The number of benzene rings is 3. The Labute approximate surface area is 234 Å². The van der Waals surface area contributed by atoms with Crippen LogP contribution in [-0.2, 0) is 22.6 Å². The van der Waals surface area contributed by atoms with E-state index in [9.17, 15) is 14.4 Å². The highest BCUT2D eigenvalue weighted by Crippen LogP contribution is 2.46. The fourth-order valence-electron chi connectivity index (χ4n) is 6.13. The summed E-state index contributed by atoms with van der Waals surface area (Å²) in [6.07, 6.45) is 0.870. The standard InChI is InChI=1S/C33H34N4O3/c1-19(2)16-27(31(38)34-18-21-14-12-20(3)13-15-21)36-32(39)28-17-25-22-8-6-7-11-26(22)35-29(25)30-23-9-4-5-10-24(23)33(40)37(28)30/h4-15,19,27-28,30,35H,16-18H2,1-3H3,(H,34,38)(H,36,39)/t27-,28-,30-/m0/s1. The van der Waals surface area contributed by atoms with E-state index in [0.717, 1.165) is 38.9 Å². The normalized spacial score (nSPS) is 18.3. The Morgan fingerprint density at radius 1 is 1.00 bits per heavy atom. The van der Waals surface area contributed by atoms with Gasteiger partial charge < -0.3 is 20.5 Å². The van der Waals surface area contributed by atoms with Gasteiger partial charge in [-0.05, 0) is 48.1 Å². The van der Waals surface area contributed by atoms with Gasteiger partial charge in [0.25, 0.3) is 5.91 Å². The van der Waals surface area contributed by atoms with Gasteiger partial charge in [0.1, 0.15) is 12.1 Å². The third-order valence-electron chi connectivity index (χ3n) is 8.08. The fraction of sp³-hybridized carbons (Fsp3) is 0.303. The van der Waals surface area contributed by atoms with Crippen molar-refractivity contribution in [2.24, 2.45) is 5.92 Å². The first kappa shape index (κ1) is 25.9. The Bertz CT molecular complexity index is 1600. The van der Waals surface area contributed by atoms with Crippen LogP contribution in [0.5, 0.6) is 0 Å². The number of H-pyrrole nitrogens is 1. The SMILES string of the molecule is Cc1ccc(CNC(=O)[C@H](CC(C)C)NC(=O)[C@@H]2Cc3c([nH]c4ccccc34)[C@@H]3c4ccccc4C(=O)N32)cc1. The summed E-state index contributed by atoms with van der Waals surface area (Å²) in [7, 11) is 0. The van der Waals surface area contributed by atoms with E-state index in [0.29, 0.717) is 24.9 Å². The lowest BCUT2D eigenvalue weighted by molar-refractivity contribution is -0.132. The molecular formula is C33H34N4O3. The van der Waals surface area contributed by atoms with Crippen LogP contribution < -0.4 is 10.6 Å². The van der Waals surface area contributed by atoms with E-state index in [1.807, 2.05) is 87.5 Å². The molecule has 204 valence electrons. The van der Waals surface area contributed by atoms with E-state index in [4.69, 9.17) is 0 Å². The van der Waals surface area contributed by atoms with Gasteiger partial charge in [-0.3, -0.25) is 14.4 Å². The lowest BCUT2D eigenvalue weighted by atomic mass is 9.89. The van der Waals surface area contributed by atoms with Crippen molar-refractivity contribution in [1.82, 2.24) is 20.5 Å². The molecule has 0 radical (unpaired) electrons. The van der Waals surface area contributed by atoms with Crippen LogP contribution in [0.1, 0.15) is 64.6 Å². The van der Waals surface area contributed by atoms with Gasteiger partial charge in [0.05, 0.1) is 6.04 Å². The number of carbonyl (C=O) groups is 3. The quantitative estimate of drug-likeness (QED) is 0.318. The number of aromatic nitrogens is 1. The van der Waals surface area contributed by atoms with Gasteiger partial charge in [0.2, 0.25) is 11.8 Å². The largest absolute Gasteiger partial charge is 0.356 e. The molecule has 2 aliphatic rings. The highest BCUT2D eigenvalue weighted by Gasteiger charge is 2.49. The summed E-state index contributed by atoms with van der Waals surface area (Å²) in [5.74, 6) is -0.501. The minimum absolute atomic E-state index is 0.158. The highest BCUT2D eigenvalue weighted by atomic mass is 16.2.